The van der Waals surface area contributed by atoms with Crippen LogP contribution in [0.3, 0.4) is 0 Å². The Labute approximate surface area is 808 Å². The van der Waals surface area contributed by atoms with Crippen LogP contribution in [0.1, 0.15) is 160 Å². The zero-order chi connectivity index (χ0) is 97.6. The maximum atomic E-state index is 14.0. The van der Waals surface area contributed by atoms with Crippen molar-refractivity contribution in [2.24, 2.45) is 0 Å². The van der Waals surface area contributed by atoms with Crippen molar-refractivity contribution in [2.75, 3.05) is 134 Å². The molecule has 0 atom stereocenters. The maximum Gasteiger partial charge on any atom is 0.253 e. The summed E-state index contributed by atoms with van der Waals surface area (Å²) < 4.78 is 6.42. The number of nitrogens with one attached hydrogen (secondary N) is 6. The molecule has 0 radical (unpaired) electrons. The number of benzene rings is 3. The lowest BCUT2D eigenvalue weighted by molar-refractivity contribution is -0.136. The van der Waals surface area contributed by atoms with E-state index < -0.39 is 0 Å². The van der Waals surface area contributed by atoms with Crippen LogP contribution in [0, 0.1) is 20.8 Å². The quantitative estimate of drug-likeness (QED) is 0.00685. The van der Waals surface area contributed by atoms with Gasteiger partial charge in [-0.25, -0.2) is 15.0 Å². The van der Waals surface area contributed by atoms with E-state index in [2.05, 4.69) is 190 Å². The van der Waals surface area contributed by atoms with Crippen molar-refractivity contribution < 1.29 is 28.8 Å². The van der Waals surface area contributed by atoms with Crippen LogP contribution in [0.15, 0.2) is 210 Å². The maximum absolute atomic E-state index is 14.0. The minimum Gasteiger partial charge on any atom is -0.386 e. The minimum atomic E-state index is -0.287. The Bertz CT molecular complexity index is 6610. The summed E-state index contributed by atoms with van der Waals surface area (Å²) in [5.41, 5.74) is 18.1. The number of anilines is 3. The topological polar surface area (TPSA) is 313 Å². The Balaban J connectivity index is 0.000000165. The number of H-pyrrole nitrogens is 3. The molecule has 6 N–H and O–H groups in total. The molecule has 0 bridgehead atoms. The molecule has 0 spiro atoms. The van der Waals surface area contributed by atoms with Gasteiger partial charge in [0.1, 0.15) is 17.5 Å². The van der Waals surface area contributed by atoms with Gasteiger partial charge in [-0.15, -0.1) is 0 Å². The Hall–Kier alpha value is -14.0. The number of amides is 4. The molecule has 0 unspecified atom stereocenters. The molecule has 0 saturated carbocycles. The van der Waals surface area contributed by atoms with Crippen molar-refractivity contribution in [3.8, 4) is 33.4 Å². The van der Waals surface area contributed by atoms with Crippen LogP contribution in [0.4, 0.5) is 17.5 Å². The zero-order valence-electron chi connectivity index (χ0n) is 81.6. The fraction of sp³-hybridized carbons (Fsp3) is 0.382. The number of carbonyl (C=O) groups is 6. The van der Waals surface area contributed by atoms with E-state index >= 15 is 0 Å². The second-order valence-corrected chi connectivity index (χ2v) is 36.8. The van der Waals surface area contributed by atoms with Gasteiger partial charge in [0, 0.05) is 292 Å². The number of aromatic amines is 3. The molecule has 722 valence electrons. The summed E-state index contributed by atoms with van der Waals surface area (Å²) in [5.74, 6) is 1.87. The number of hydrogen-bond donors (Lipinski definition) is 6. The van der Waals surface area contributed by atoms with E-state index in [1.165, 1.54) is 23.1 Å². The van der Waals surface area contributed by atoms with E-state index in [4.69, 9.17) is 15.0 Å². The van der Waals surface area contributed by atoms with Gasteiger partial charge >= 0.3 is 0 Å². The molecule has 4 amide bonds. The number of unbranched alkanes of at least 4 members (excludes halogenated alkanes) is 1. The van der Waals surface area contributed by atoms with Gasteiger partial charge < -0.3 is 74.0 Å². The molecule has 9 aromatic heterocycles. The van der Waals surface area contributed by atoms with Gasteiger partial charge in [-0.2, -0.15) is 0 Å². The van der Waals surface area contributed by atoms with Gasteiger partial charge in [-0.05, 0) is 254 Å². The van der Waals surface area contributed by atoms with Crippen molar-refractivity contribution in [3.63, 3.8) is 0 Å². The fourth-order valence-electron chi connectivity index (χ4n) is 18.9. The molecule has 4 aliphatic heterocycles. The van der Waals surface area contributed by atoms with Crippen molar-refractivity contribution >= 4 is 85.4 Å². The third kappa shape index (κ3) is 25.1. The highest BCUT2D eigenvalue weighted by atomic mass is 16.2. The van der Waals surface area contributed by atoms with Gasteiger partial charge in [0.05, 0.1) is 0 Å². The van der Waals surface area contributed by atoms with Gasteiger partial charge in [0.2, 0.25) is 5.91 Å². The largest absolute Gasteiger partial charge is 0.386 e. The van der Waals surface area contributed by atoms with Crippen LogP contribution < -0.4 is 47.3 Å². The number of aryl methyl sites for hydroxylation is 9. The second-order valence-electron chi connectivity index (χ2n) is 36.8. The van der Waals surface area contributed by atoms with Gasteiger partial charge in [0.15, 0.2) is 11.6 Å². The van der Waals surface area contributed by atoms with E-state index in [-0.39, 0.29) is 71.3 Å². The average Bonchev–Trinajstić information content (AvgIpc) is 1.63. The number of carbonyl (C=O) groups excluding carboxylic acids is 6. The molecular weight excluding hydrogens is 1730 g/mol. The minimum absolute atomic E-state index is 0.00212. The predicted molar refractivity (Wildman–Crippen MR) is 553 cm³/mol. The zero-order valence-corrected chi connectivity index (χ0v) is 81.6. The monoisotopic (exact) mass is 1860 g/mol. The van der Waals surface area contributed by atoms with E-state index in [0.717, 1.165) is 272 Å². The number of fused-ring (bicyclic) bond motifs is 3. The van der Waals surface area contributed by atoms with Crippen LogP contribution in [-0.4, -0.2) is 218 Å². The van der Waals surface area contributed by atoms with E-state index in [9.17, 15) is 43.2 Å². The van der Waals surface area contributed by atoms with Crippen LogP contribution in [-0.2, 0) is 72.7 Å². The number of likely N-dealkylation sites (N-methyl/N-ethyl adjacent to an activating group) is 3. The predicted octanol–water partition coefficient (Wildman–Crippen LogP) is 14.9. The van der Waals surface area contributed by atoms with Gasteiger partial charge in [0.25, 0.3) is 34.4 Å². The Morgan fingerprint density at radius 1 is 0.399 bits per heavy atom. The highest BCUT2D eigenvalue weighted by Crippen LogP contribution is 2.36. The van der Waals surface area contributed by atoms with Crippen LogP contribution >= 0.6 is 0 Å². The number of imide groups is 1. The molecule has 138 heavy (non-hydrogen) atoms. The smallest absolute Gasteiger partial charge is 0.253 e. The van der Waals surface area contributed by atoms with Gasteiger partial charge in [-0.1, -0.05) is 59.8 Å². The van der Waals surface area contributed by atoms with Crippen LogP contribution in [0.5, 0.6) is 0 Å². The highest BCUT2D eigenvalue weighted by molar-refractivity contribution is 6.13. The van der Waals surface area contributed by atoms with Crippen molar-refractivity contribution in [1.82, 2.24) is 79.2 Å². The number of ketones is 2. The standard InChI is InChI=1S/C37H47N7O2.C37H42N6O4.C36H44N6O3/c1-6-10-28-21-27(4)41-37(46)33(28)25-40-36(45)32-22-30(29-11-12-35(39-24-29)44-19-17-42(5)18-20-44)23-34-31(32)13-16-43(34)15-9-8-14-38-26(3)7-2;1-4-6-26-21-25(2)39-37(47)29(26)8-9-33(44)31-22-28(27-7-10-34(38-24-27)42-19-17-40(3)18-20-42)23-32-30(31)13-16-41(32)14-5-15-43-35(45)11-12-36(43)46;1-5-8-26-21-25(3)39-36(45)29(26)10-11-33(43)31-22-28(27-9-12-34(38-24-27)42-19-17-40(4)18-20-42)23-32-30(31)13-16-41(32)15-7-14-37-35(44)6-2/h7,11-13,16,21-24,38H,2-3,6,8-10,14-15,17-20,25H2,1,4-5H3,(H,40,45)(H,41,46);7,10-13,16,21-24H,4-6,8-9,14-15,17-20H2,1-3H3,(H,39,47);6,9,12-13,16,21-24H,2,5,7-8,10-11,14-15,17-20H2,1,3-4H3,(H,37,44)(H,39,45). The van der Waals surface area contributed by atoms with E-state index in [0.29, 0.717) is 78.8 Å². The summed E-state index contributed by atoms with van der Waals surface area (Å²) in [6.45, 7) is 38.7. The number of rotatable bonds is 39. The summed E-state index contributed by atoms with van der Waals surface area (Å²) in [6.07, 6.45) is 26.9. The number of pyridine rings is 6. The number of aromatic nitrogens is 9. The Morgan fingerprint density at radius 2 is 0.768 bits per heavy atom. The third-order valence-corrected chi connectivity index (χ3v) is 26.7. The van der Waals surface area contributed by atoms with Crippen LogP contribution in [0.2, 0.25) is 0 Å². The molecule has 3 saturated heterocycles. The van der Waals surface area contributed by atoms with Crippen LogP contribution in [0.25, 0.3) is 66.1 Å². The Kier molecular flexibility index (Phi) is 34.2. The summed E-state index contributed by atoms with van der Waals surface area (Å²) in [6, 6.07) is 36.6. The molecule has 12 aromatic rings. The first-order valence-corrected chi connectivity index (χ1v) is 48.8. The first-order chi connectivity index (χ1) is 66.7. The highest BCUT2D eigenvalue weighted by Gasteiger charge is 2.28. The lowest BCUT2D eigenvalue weighted by Gasteiger charge is -2.33. The van der Waals surface area contributed by atoms with E-state index in [1.807, 2.05) is 112 Å². The number of nitrogens with zero attached hydrogens (tertiary/aromatic N) is 13. The van der Waals surface area contributed by atoms with Crippen molar-refractivity contribution in [2.45, 2.75) is 158 Å². The second kappa shape index (κ2) is 47.2. The molecule has 3 aromatic carbocycles. The third-order valence-electron chi connectivity index (χ3n) is 26.7. The number of Topliss-reactive ketones (excluding diaryl/α,β-unsaturated/α-hetero) is 2. The fourth-order valence-corrected chi connectivity index (χ4v) is 18.9. The summed E-state index contributed by atoms with van der Waals surface area (Å²) in [7, 11) is 6.41. The van der Waals surface area contributed by atoms with Crippen molar-refractivity contribution in [1.29, 1.82) is 0 Å². The number of allylic oxidation sites excluding steroid dienone is 1. The normalized spacial score (nSPS) is 14.2. The van der Waals surface area contributed by atoms with Gasteiger partial charge in [-0.3, -0.25) is 48.1 Å². The molecule has 13 heterocycles. The molecule has 28 heteroatoms. The first kappa shape index (κ1) is 100.0. The Morgan fingerprint density at radius 3 is 1.15 bits per heavy atom. The lowest BCUT2D eigenvalue weighted by Crippen LogP contribution is -2.44. The number of piperazine rings is 3. The average molecular weight is 1870 g/mol. The number of hydrogen-bond acceptors (Lipinski definition) is 19. The summed E-state index contributed by atoms with van der Waals surface area (Å²) in [4.78, 5) is 154. The molecule has 3 fully saturated rings. The summed E-state index contributed by atoms with van der Waals surface area (Å²) >= 11 is 0. The molecular formula is C110H133N19O9. The van der Waals surface area contributed by atoms with E-state index in [1.54, 1.807) is 6.08 Å². The molecule has 16 rings (SSSR count). The molecule has 0 aliphatic carbocycles. The molecule has 28 nitrogen and oxygen atoms in total. The van der Waals surface area contributed by atoms with Crippen molar-refractivity contribution in [3.05, 3.63) is 294 Å². The summed E-state index contributed by atoms with van der Waals surface area (Å²) in [5, 5.41) is 11.8. The first-order valence-electron chi connectivity index (χ1n) is 48.8. The molecule has 4 aliphatic rings. The SMILES string of the molecule is C=CC(=C)NCCCCn1ccc2c(C(=O)NCc3c(CCC)cc(C)[nH]c3=O)cc(-c3ccc(N4CCN(C)CC4)nc3)cc21.C=CC(=O)NCCCn1ccc2c(C(=O)CCc3c(CCC)cc(C)[nH]c3=O)cc(-c3ccc(N4CCN(C)CC4)nc3)cc21.CCCc1cc(C)[nH]c(=O)c1CCC(=O)c1cc(-c2ccc(N3CCN(C)CC3)nc2)cc2c1ccn2CCCN1C(=O)C=CC1=O. The lowest BCUT2D eigenvalue weighted by atomic mass is 9.94.